The summed E-state index contributed by atoms with van der Waals surface area (Å²) in [6, 6.07) is 7.21. The molecule has 0 N–H and O–H groups in total. The highest BCUT2D eigenvalue weighted by Gasteiger charge is 2.54. The maximum atomic E-state index is 12.8. The second kappa shape index (κ2) is 5.90. The zero-order chi connectivity index (χ0) is 17.0. The number of ether oxygens (including phenoxy) is 2. The molecule has 134 valence electrons. The fourth-order valence-corrected chi connectivity index (χ4v) is 5.50. The Morgan fingerprint density at radius 3 is 2.76 bits per heavy atom. The fourth-order valence-electron chi connectivity index (χ4n) is 5.50. The number of rotatable bonds is 3. The van der Waals surface area contributed by atoms with Crippen LogP contribution in [0.4, 0.5) is 0 Å². The lowest BCUT2D eigenvalue weighted by molar-refractivity contribution is -0.136. The number of likely N-dealkylation sites (tertiary alicyclic amines) is 1. The fraction of sp³-hybridized carbons (Fsp3) is 0.650. The number of nitrogens with zero attached hydrogens (tertiary/aromatic N) is 2. The van der Waals surface area contributed by atoms with Gasteiger partial charge >= 0.3 is 0 Å². The third-order valence-corrected chi connectivity index (χ3v) is 6.60. The van der Waals surface area contributed by atoms with Gasteiger partial charge in [0.15, 0.2) is 11.5 Å². The van der Waals surface area contributed by atoms with Crippen molar-refractivity contribution >= 4 is 5.91 Å². The molecular formula is C20H26N2O3. The Morgan fingerprint density at radius 1 is 1.16 bits per heavy atom. The van der Waals surface area contributed by atoms with Crippen LogP contribution in [0, 0.1) is 5.92 Å². The molecule has 0 radical (unpaired) electrons. The normalized spacial score (nSPS) is 35.1. The van der Waals surface area contributed by atoms with E-state index in [0.29, 0.717) is 43.0 Å². The van der Waals surface area contributed by atoms with Crippen molar-refractivity contribution < 1.29 is 14.3 Å². The zero-order valence-electron chi connectivity index (χ0n) is 14.8. The summed E-state index contributed by atoms with van der Waals surface area (Å²) in [7, 11) is 0. The van der Waals surface area contributed by atoms with Crippen LogP contribution in [0.1, 0.15) is 44.1 Å². The van der Waals surface area contributed by atoms with Gasteiger partial charge in [0.25, 0.3) is 0 Å². The largest absolute Gasteiger partial charge is 0.454 e. The number of amides is 1. The Bertz CT molecular complexity index is 684. The molecule has 1 amide bonds. The second-order valence-electron chi connectivity index (χ2n) is 7.87. The van der Waals surface area contributed by atoms with Crippen LogP contribution in [0.3, 0.4) is 0 Å². The van der Waals surface area contributed by atoms with Gasteiger partial charge in [-0.25, -0.2) is 0 Å². The Kier molecular flexibility index (Phi) is 3.66. The lowest BCUT2D eigenvalue weighted by atomic mass is 9.75. The standard InChI is InChI=1S/C20H26N2O3/c1-2-3-18(23)22-11-15(14-4-5-16-17(10-14)25-12-24-16)20-19(22)13-6-8-21(20)9-7-13/h4-5,10,13,15,19-20H,2-3,6-9,11-12H2,1H3/t15-,19+,20+/m0/s1. The monoisotopic (exact) mass is 342 g/mol. The molecule has 3 atom stereocenters. The Labute approximate surface area is 148 Å². The van der Waals surface area contributed by atoms with Gasteiger partial charge in [-0.05, 0) is 56.0 Å². The van der Waals surface area contributed by atoms with E-state index in [4.69, 9.17) is 9.47 Å². The van der Waals surface area contributed by atoms with E-state index in [1.165, 1.54) is 31.5 Å². The van der Waals surface area contributed by atoms with Gasteiger partial charge in [0.1, 0.15) is 0 Å². The average molecular weight is 342 g/mol. The molecule has 1 aromatic rings. The van der Waals surface area contributed by atoms with Gasteiger partial charge in [0.2, 0.25) is 12.7 Å². The summed E-state index contributed by atoms with van der Waals surface area (Å²) in [5.74, 6) is 3.08. The maximum Gasteiger partial charge on any atom is 0.231 e. The van der Waals surface area contributed by atoms with Crippen LogP contribution in [0.2, 0.25) is 0 Å². The molecule has 0 saturated carbocycles. The van der Waals surface area contributed by atoms with Crippen LogP contribution in [0.5, 0.6) is 11.5 Å². The molecule has 5 heteroatoms. The van der Waals surface area contributed by atoms with Gasteiger partial charge in [-0.2, -0.15) is 0 Å². The van der Waals surface area contributed by atoms with Crippen molar-refractivity contribution in [2.24, 2.45) is 5.92 Å². The van der Waals surface area contributed by atoms with E-state index < -0.39 is 0 Å². The molecule has 6 rings (SSSR count). The molecular weight excluding hydrogens is 316 g/mol. The van der Waals surface area contributed by atoms with Crippen molar-refractivity contribution in [2.75, 3.05) is 26.4 Å². The number of hydrogen-bond acceptors (Lipinski definition) is 4. The zero-order valence-corrected chi connectivity index (χ0v) is 14.8. The highest BCUT2D eigenvalue weighted by atomic mass is 16.7. The lowest BCUT2D eigenvalue weighted by Gasteiger charge is -2.51. The van der Waals surface area contributed by atoms with Gasteiger partial charge in [-0.1, -0.05) is 13.0 Å². The molecule has 5 nitrogen and oxygen atoms in total. The smallest absolute Gasteiger partial charge is 0.231 e. The van der Waals surface area contributed by atoms with Crippen molar-refractivity contribution in [1.82, 2.24) is 9.80 Å². The number of fused-ring (bicyclic) bond motifs is 3. The molecule has 1 aromatic carbocycles. The molecule has 4 saturated heterocycles. The minimum Gasteiger partial charge on any atom is -0.454 e. The van der Waals surface area contributed by atoms with Crippen molar-refractivity contribution in [3.63, 3.8) is 0 Å². The summed E-state index contributed by atoms with van der Waals surface area (Å²) >= 11 is 0. The first-order valence-corrected chi connectivity index (χ1v) is 9.69. The predicted octanol–water partition coefficient (Wildman–Crippen LogP) is 2.60. The van der Waals surface area contributed by atoms with Gasteiger partial charge in [-0.3, -0.25) is 9.69 Å². The van der Waals surface area contributed by atoms with E-state index in [0.717, 1.165) is 24.5 Å². The van der Waals surface area contributed by atoms with Gasteiger partial charge in [0.05, 0.1) is 6.04 Å². The molecule has 2 bridgehead atoms. The molecule has 5 aliphatic heterocycles. The Morgan fingerprint density at radius 2 is 1.96 bits per heavy atom. The van der Waals surface area contributed by atoms with Crippen LogP contribution in [-0.2, 0) is 4.79 Å². The van der Waals surface area contributed by atoms with Crippen LogP contribution >= 0.6 is 0 Å². The molecule has 0 aliphatic carbocycles. The third-order valence-electron chi connectivity index (χ3n) is 6.60. The Hall–Kier alpha value is -1.75. The molecule has 5 aliphatic rings. The van der Waals surface area contributed by atoms with E-state index in [1.54, 1.807) is 0 Å². The van der Waals surface area contributed by atoms with E-state index in [1.807, 2.05) is 6.07 Å². The molecule has 4 fully saturated rings. The van der Waals surface area contributed by atoms with Gasteiger partial charge in [0, 0.05) is 24.9 Å². The molecule has 0 aromatic heterocycles. The molecule has 0 unspecified atom stereocenters. The molecule has 25 heavy (non-hydrogen) atoms. The van der Waals surface area contributed by atoms with Crippen molar-refractivity contribution in [1.29, 1.82) is 0 Å². The maximum absolute atomic E-state index is 12.8. The minimum atomic E-state index is 0.310. The second-order valence-corrected chi connectivity index (χ2v) is 7.87. The summed E-state index contributed by atoms with van der Waals surface area (Å²) in [5, 5.41) is 0. The lowest BCUT2D eigenvalue weighted by Crippen LogP contribution is -2.60. The summed E-state index contributed by atoms with van der Waals surface area (Å²) in [6.07, 6.45) is 4.08. The summed E-state index contributed by atoms with van der Waals surface area (Å²) in [4.78, 5) is 17.7. The Balaban J connectivity index is 1.50. The first-order chi connectivity index (χ1) is 12.3. The van der Waals surface area contributed by atoms with E-state index in [-0.39, 0.29) is 0 Å². The number of carbonyl (C=O) groups excluding carboxylic acids is 1. The summed E-state index contributed by atoms with van der Waals surface area (Å²) < 4.78 is 11.1. The van der Waals surface area contributed by atoms with Gasteiger partial charge in [-0.15, -0.1) is 0 Å². The number of carbonyl (C=O) groups is 1. The van der Waals surface area contributed by atoms with Crippen molar-refractivity contribution in [3.05, 3.63) is 23.8 Å². The highest BCUT2D eigenvalue weighted by Crippen LogP contribution is 2.48. The quantitative estimate of drug-likeness (QED) is 0.847. The molecule has 0 spiro atoms. The van der Waals surface area contributed by atoms with Crippen molar-refractivity contribution in [3.8, 4) is 11.5 Å². The number of piperidine rings is 3. The molecule has 5 heterocycles. The van der Waals surface area contributed by atoms with E-state index in [2.05, 4.69) is 28.9 Å². The van der Waals surface area contributed by atoms with Crippen LogP contribution in [0.25, 0.3) is 0 Å². The SMILES string of the molecule is CCCC(=O)N1C[C@@H](c2ccc3c(c2)OCO3)[C@@H]2[C@H]1C1CCN2CC1. The average Bonchev–Trinajstić information content (AvgIpc) is 3.28. The highest BCUT2D eigenvalue weighted by molar-refractivity contribution is 5.77. The number of benzene rings is 1. The van der Waals surface area contributed by atoms with E-state index >= 15 is 0 Å². The van der Waals surface area contributed by atoms with Crippen LogP contribution in [-0.4, -0.2) is 54.2 Å². The summed E-state index contributed by atoms with van der Waals surface area (Å²) in [6.45, 7) is 5.62. The van der Waals surface area contributed by atoms with Gasteiger partial charge < -0.3 is 14.4 Å². The van der Waals surface area contributed by atoms with E-state index in [9.17, 15) is 4.79 Å². The first-order valence-electron chi connectivity index (χ1n) is 9.69. The predicted molar refractivity (Wildman–Crippen MR) is 93.8 cm³/mol. The minimum absolute atomic E-state index is 0.310. The third kappa shape index (κ3) is 2.35. The topological polar surface area (TPSA) is 42.0 Å². The first kappa shape index (κ1) is 15.5. The number of hydrogen-bond donors (Lipinski definition) is 0. The van der Waals surface area contributed by atoms with Crippen LogP contribution in [0.15, 0.2) is 18.2 Å². The van der Waals surface area contributed by atoms with Crippen LogP contribution < -0.4 is 9.47 Å². The summed E-state index contributed by atoms with van der Waals surface area (Å²) in [5.41, 5.74) is 1.29. The van der Waals surface area contributed by atoms with Crippen molar-refractivity contribution in [2.45, 2.75) is 50.6 Å².